The average Bonchev–Trinajstić information content (AvgIpc) is 3.42. The Morgan fingerprint density at radius 3 is 2.97 bits per heavy atom. The maximum absolute atomic E-state index is 12.6. The zero-order valence-electron chi connectivity index (χ0n) is 18.3. The number of anilines is 1. The maximum Gasteiger partial charge on any atom is 0.277 e. The molecule has 0 spiro atoms. The molecule has 0 aromatic carbocycles. The van der Waals surface area contributed by atoms with E-state index in [1.165, 1.54) is 4.88 Å². The molecule has 1 atom stereocenters. The van der Waals surface area contributed by atoms with Crippen molar-refractivity contribution in [2.24, 2.45) is 11.3 Å². The number of rotatable bonds is 7. The van der Waals surface area contributed by atoms with E-state index in [0.717, 1.165) is 43.0 Å². The van der Waals surface area contributed by atoms with Crippen molar-refractivity contribution < 1.29 is 9.21 Å². The van der Waals surface area contributed by atoms with E-state index in [-0.39, 0.29) is 17.1 Å². The topological polar surface area (TPSA) is 105 Å². The van der Waals surface area contributed by atoms with E-state index in [0.29, 0.717) is 33.3 Å². The molecule has 0 saturated heterocycles. The van der Waals surface area contributed by atoms with E-state index < -0.39 is 0 Å². The van der Waals surface area contributed by atoms with Gasteiger partial charge in [-0.05, 0) is 48.3 Å². The van der Waals surface area contributed by atoms with Crippen LogP contribution < -0.4 is 5.32 Å². The van der Waals surface area contributed by atoms with Crippen LogP contribution in [0.3, 0.4) is 0 Å². The van der Waals surface area contributed by atoms with Gasteiger partial charge < -0.3 is 9.73 Å². The number of amides is 1. The molecule has 3 aromatic heterocycles. The van der Waals surface area contributed by atoms with Gasteiger partial charge in [0.1, 0.15) is 16.8 Å². The predicted molar refractivity (Wildman–Crippen MR) is 126 cm³/mol. The number of pyridine rings is 1. The van der Waals surface area contributed by atoms with Gasteiger partial charge in [-0.3, -0.25) is 9.78 Å². The Morgan fingerprint density at radius 1 is 1.41 bits per heavy atom. The molecule has 0 aliphatic heterocycles. The highest BCUT2D eigenvalue weighted by Crippen LogP contribution is 2.45. The van der Waals surface area contributed by atoms with Crippen LogP contribution in [0.15, 0.2) is 34.0 Å². The van der Waals surface area contributed by atoms with Crippen molar-refractivity contribution in [2.75, 3.05) is 11.1 Å². The lowest BCUT2D eigenvalue weighted by molar-refractivity contribution is -0.113. The molecular weight excluding hydrogens is 442 g/mol. The molecule has 1 N–H and O–H groups in total. The number of thiophene rings is 1. The normalized spacial score (nSPS) is 15.8. The monoisotopic (exact) mass is 467 g/mol. The zero-order chi connectivity index (χ0) is 22.7. The number of carbonyl (C=O) groups is 1. The van der Waals surface area contributed by atoms with Crippen molar-refractivity contribution in [3.8, 4) is 17.7 Å². The molecule has 3 heterocycles. The number of aromatic nitrogens is 3. The minimum Gasteiger partial charge on any atom is -0.410 e. The van der Waals surface area contributed by atoms with Crippen molar-refractivity contribution in [3.05, 3.63) is 40.4 Å². The Hall–Kier alpha value is -2.70. The van der Waals surface area contributed by atoms with E-state index in [1.807, 2.05) is 12.1 Å². The second-order valence-electron chi connectivity index (χ2n) is 8.53. The third kappa shape index (κ3) is 4.71. The van der Waals surface area contributed by atoms with Gasteiger partial charge in [0.25, 0.3) is 11.1 Å². The molecule has 7 nitrogen and oxygen atoms in total. The summed E-state index contributed by atoms with van der Waals surface area (Å²) in [5.41, 5.74) is 2.59. The molecule has 0 saturated carbocycles. The highest BCUT2D eigenvalue weighted by molar-refractivity contribution is 7.99. The fourth-order valence-corrected chi connectivity index (χ4v) is 5.76. The summed E-state index contributed by atoms with van der Waals surface area (Å²) in [6.07, 6.45) is 5.73. The van der Waals surface area contributed by atoms with Crippen molar-refractivity contribution in [3.63, 3.8) is 0 Å². The van der Waals surface area contributed by atoms with Gasteiger partial charge in [-0.2, -0.15) is 5.26 Å². The fourth-order valence-electron chi connectivity index (χ4n) is 3.90. The first-order valence-electron chi connectivity index (χ1n) is 10.6. The molecule has 0 fully saturated rings. The number of nitriles is 1. The summed E-state index contributed by atoms with van der Waals surface area (Å²) in [4.78, 5) is 18.0. The van der Waals surface area contributed by atoms with Crippen LogP contribution in [0.2, 0.25) is 0 Å². The Labute approximate surface area is 195 Å². The summed E-state index contributed by atoms with van der Waals surface area (Å²) >= 11 is 2.70. The molecule has 1 aliphatic rings. The molecule has 0 radical (unpaired) electrons. The van der Waals surface area contributed by atoms with E-state index in [9.17, 15) is 10.1 Å². The molecule has 1 amide bonds. The third-order valence-electron chi connectivity index (χ3n) is 6.26. The SMILES string of the molecule is CCC(C)(C)[C@H]1CCc2c(sc(NC(=O)CSc3nnc(-c4ccccn4)o3)c2C#N)C1. The van der Waals surface area contributed by atoms with Crippen LogP contribution >= 0.6 is 23.1 Å². The molecule has 0 unspecified atom stereocenters. The second kappa shape index (κ2) is 9.43. The van der Waals surface area contributed by atoms with Crippen LogP contribution in [0.4, 0.5) is 5.00 Å². The van der Waals surface area contributed by atoms with Crippen LogP contribution in [-0.2, 0) is 17.6 Å². The van der Waals surface area contributed by atoms with Gasteiger partial charge in [-0.25, -0.2) is 0 Å². The summed E-state index contributed by atoms with van der Waals surface area (Å²) in [5.74, 6) is 0.821. The van der Waals surface area contributed by atoms with Crippen molar-refractivity contribution in [1.29, 1.82) is 5.26 Å². The molecule has 3 aromatic rings. The maximum atomic E-state index is 12.6. The summed E-state index contributed by atoms with van der Waals surface area (Å²) in [6.45, 7) is 6.87. The number of fused-ring (bicyclic) bond motifs is 1. The molecule has 1 aliphatic carbocycles. The van der Waals surface area contributed by atoms with Gasteiger partial charge >= 0.3 is 0 Å². The first-order chi connectivity index (χ1) is 15.4. The van der Waals surface area contributed by atoms with Crippen molar-refractivity contribution >= 4 is 34.0 Å². The first-order valence-corrected chi connectivity index (χ1v) is 12.4. The summed E-state index contributed by atoms with van der Waals surface area (Å²) in [6, 6.07) is 7.74. The van der Waals surface area contributed by atoms with Crippen LogP contribution in [-0.4, -0.2) is 26.8 Å². The number of hydrogen-bond acceptors (Lipinski definition) is 8. The van der Waals surface area contributed by atoms with E-state index in [1.54, 1.807) is 23.6 Å². The minimum absolute atomic E-state index is 0.114. The number of hydrogen-bond donors (Lipinski definition) is 1. The number of nitrogens with zero attached hydrogens (tertiary/aromatic N) is 4. The lowest BCUT2D eigenvalue weighted by Crippen LogP contribution is -2.28. The highest BCUT2D eigenvalue weighted by Gasteiger charge is 2.34. The molecular formula is C23H25N5O2S2. The minimum atomic E-state index is -0.201. The number of thioether (sulfide) groups is 1. The van der Waals surface area contributed by atoms with Crippen LogP contribution in [0.5, 0.6) is 0 Å². The summed E-state index contributed by atoms with van der Waals surface area (Å²) in [7, 11) is 0. The summed E-state index contributed by atoms with van der Waals surface area (Å²) < 4.78 is 5.58. The average molecular weight is 468 g/mol. The molecule has 32 heavy (non-hydrogen) atoms. The highest BCUT2D eigenvalue weighted by atomic mass is 32.2. The third-order valence-corrected chi connectivity index (χ3v) is 8.25. The van der Waals surface area contributed by atoms with Crippen molar-refractivity contribution in [2.45, 2.75) is 51.7 Å². The zero-order valence-corrected chi connectivity index (χ0v) is 20.0. The van der Waals surface area contributed by atoms with E-state index in [2.05, 4.69) is 47.3 Å². The Balaban J connectivity index is 1.40. The van der Waals surface area contributed by atoms with Gasteiger partial charge in [0, 0.05) is 11.1 Å². The van der Waals surface area contributed by atoms with E-state index >= 15 is 0 Å². The largest absolute Gasteiger partial charge is 0.410 e. The van der Waals surface area contributed by atoms with Gasteiger partial charge in [-0.1, -0.05) is 45.0 Å². The van der Waals surface area contributed by atoms with E-state index in [4.69, 9.17) is 4.42 Å². The molecule has 9 heteroatoms. The van der Waals surface area contributed by atoms with Crippen LogP contribution in [0, 0.1) is 22.7 Å². The van der Waals surface area contributed by atoms with Crippen LogP contribution in [0.1, 0.15) is 49.6 Å². The molecule has 4 rings (SSSR count). The van der Waals surface area contributed by atoms with Gasteiger partial charge in [-0.15, -0.1) is 21.5 Å². The fraction of sp³-hybridized carbons (Fsp3) is 0.435. The van der Waals surface area contributed by atoms with Crippen LogP contribution in [0.25, 0.3) is 11.6 Å². The Morgan fingerprint density at radius 2 is 2.25 bits per heavy atom. The lowest BCUT2D eigenvalue weighted by atomic mass is 9.69. The summed E-state index contributed by atoms with van der Waals surface area (Å²) in [5, 5.41) is 21.6. The standard InChI is InChI=1S/C23H25N5O2S2/c1-4-23(2,3)14-8-9-15-16(12-24)21(32-18(15)11-14)26-19(29)13-31-22-28-27-20(30-22)17-7-5-6-10-25-17/h5-7,10,14H,4,8-9,11,13H2,1-3H3,(H,26,29)/t14-/m0/s1. The predicted octanol–water partition coefficient (Wildman–Crippen LogP) is 5.34. The number of carbonyl (C=O) groups excluding carboxylic acids is 1. The lowest BCUT2D eigenvalue weighted by Gasteiger charge is -2.36. The molecule has 166 valence electrons. The van der Waals surface area contributed by atoms with Crippen molar-refractivity contribution in [1.82, 2.24) is 15.2 Å². The Kier molecular flexibility index (Phi) is 6.63. The molecule has 0 bridgehead atoms. The first kappa shape index (κ1) is 22.5. The number of nitrogens with one attached hydrogen (secondary N) is 1. The second-order valence-corrected chi connectivity index (χ2v) is 10.6. The van der Waals surface area contributed by atoms with Gasteiger partial charge in [0.05, 0.1) is 11.3 Å². The van der Waals surface area contributed by atoms with Gasteiger partial charge in [0.2, 0.25) is 5.91 Å². The van der Waals surface area contributed by atoms with Gasteiger partial charge in [0.15, 0.2) is 0 Å². The Bertz CT molecular complexity index is 1150. The quantitative estimate of drug-likeness (QED) is 0.468. The smallest absolute Gasteiger partial charge is 0.277 e.